The number of hydrogen-bond donors (Lipinski definition) is 1. The first-order chi connectivity index (χ1) is 12.3. The van der Waals surface area contributed by atoms with Crippen LogP contribution < -0.4 is 4.74 Å². The van der Waals surface area contributed by atoms with Gasteiger partial charge >= 0.3 is 0 Å². The number of rotatable bonds is 6. The molecule has 0 unspecified atom stereocenters. The van der Waals surface area contributed by atoms with Crippen molar-refractivity contribution < 1.29 is 13.7 Å². The predicted octanol–water partition coefficient (Wildman–Crippen LogP) is 3.45. The summed E-state index contributed by atoms with van der Waals surface area (Å²) in [5.41, 5.74) is 1.22. The lowest BCUT2D eigenvalue weighted by Crippen LogP contribution is -2.23. The molecule has 7 heteroatoms. The van der Waals surface area contributed by atoms with Gasteiger partial charge in [0.05, 0.1) is 12.6 Å². The molecule has 6 nitrogen and oxygen atoms in total. The van der Waals surface area contributed by atoms with Gasteiger partial charge in [-0.15, -0.1) is 0 Å². The van der Waals surface area contributed by atoms with Crippen molar-refractivity contribution in [3.05, 3.63) is 65.8 Å². The van der Waals surface area contributed by atoms with E-state index in [0.29, 0.717) is 30.1 Å². The molecular weight excluding hydrogens is 323 g/mol. The molecule has 0 spiro atoms. The van der Waals surface area contributed by atoms with Gasteiger partial charge in [-0.2, -0.15) is 4.98 Å². The topological polar surface area (TPSA) is 67.2 Å². The first kappa shape index (κ1) is 15.8. The number of nitrogens with one attached hydrogen (secondary N) is 1. The molecule has 1 N–H and O–H groups in total. The highest BCUT2D eigenvalue weighted by atomic mass is 19.1. The fourth-order valence-electron chi connectivity index (χ4n) is 3.18. The molecule has 0 saturated carbocycles. The van der Waals surface area contributed by atoms with Crippen molar-refractivity contribution in [1.29, 1.82) is 0 Å². The standard InChI is InChI=1S/C18H19FN4O2/c19-13-5-7-14(8-6-13)24-12-17-21-18(25-22-17)11-23-10-2-4-16(23)15-3-1-9-20-15/h1,3,5-9,16,20H,2,4,10-12H2/t16-/m1/s1. The van der Waals surface area contributed by atoms with Crippen LogP contribution in [0.5, 0.6) is 5.75 Å². The Morgan fingerprint density at radius 3 is 2.96 bits per heavy atom. The molecule has 130 valence electrons. The number of aromatic nitrogens is 3. The Balaban J connectivity index is 1.35. The van der Waals surface area contributed by atoms with E-state index in [1.54, 1.807) is 12.1 Å². The molecule has 1 saturated heterocycles. The van der Waals surface area contributed by atoms with Crippen molar-refractivity contribution in [3.63, 3.8) is 0 Å². The van der Waals surface area contributed by atoms with Crippen LogP contribution in [0.1, 0.15) is 36.3 Å². The second-order valence-corrected chi connectivity index (χ2v) is 6.10. The van der Waals surface area contributed by atoms with Crippen molar-refractivity contribution >= 4 is 0 Å². The molecule has 1 aromatic carbocycles. The zero-order chi connectivity index (χ0) is 17.1. The number of halogens is 1. The maximum Gasteiger partial charge on any atom is 0.240 e. The van der Waals surface area contributed by atoms with Crippen molar-refractivity contribution in [3.8, 4) is 5.75 Å². The molecule has 2 aromatic heterocycles. The second kappa shape index (κ2) is 7.06. The number of H-pyrrole nitrogens is 1. The monoisotopic (exact) mass is 342 g/mol. The number of ether oxygens (including phenoxy) is 1. The van der Waals surface area contributed by atoms with Gasteiger partial charge < -0.3 is 14.2 Å². The van der Waals surface area contributed by atoms with Gasteiger partial charge in [-0.25, -0.2) is 4.39 Å². The SMILES string of the molecule is Fc1ccc(OCc2noc(CN3CCC[C@@H]3c3ccc[nH]3)n2)cc1. The van der Waals surface area contributed by atoms with Crippen LogP contribution in [0.4, 0.5) is 4.39 Å². The van der Waals surface area contributed by atoms with Gasteiger partial charge in [0, 0.05) is 11.9 Å². The van der Waals surface area contributed by atoms with Gasteiger partial charge in [-0.3, -0.25) is 4.90 Å². The van der Waals surface area contributed by atoms with Crippen LogP contribution in [0.2, 0.25) is 0 Å². The lowest BCUT2D eigenvalue weighted by atomic mass is 10.1. The summed E-state index contributed by atoms with van der Waals surface area (Å²) < 4.78 is 23.8. The maximum atomic E-state index is 12.9. The number of aromatic amines is 1. The van der Waals surface area contributed by atoms with Crippen LogP contribution in [-0.4, -0.2) is 26.6 Å². The minimum atomic E-state index is -0.295. The smallest absolute Gasteiger partial charge is 0.240 e. The van der Waals surface area contributed by atoms with Crippen molar-refractivity contribution in [1.82, 2.24) is 20.0 Å². The molecule has 1 aliphatic heterocycles. The van der Waals surface area contributed by atoms with Gasteiger partial charge in [-0.1, -0.05) is 5.16 Å². The van der Waals surface area contributed by atoms with Crippen LogP contribution in [0.3, 0.4) is 0 Å². The van der Waals surface area contributed by atoms with E-state index in [4.69, 9.17) is 9.26 Å². The van der Waals surface area contributed by atoms with Gasteiger partial charge in [0.15, 0.2) is 6.61 Å². The molecule has 0 amide bonds. The summed E-state index contributed by atoms with van der Waals surface area (Å²) >= 11 is 0. The van der Waals surface area contributed by atoms with E-state index >= 15 is 0 Å². The summed E-state index contributed by atoms with van der Waals surface area (Å²) in [6.45, 7) is 1.82. The zero-order valence-electron chi connectivity index (χ0n) is 13.7. The average molecular weight is 342 g/mol. The Kier molecular flexibility index (Phi) is 4.47. The number of hydrogen-bond acceptors (Lipinski definition) is 5. The van der Waals surface area contributed by atoms with E-state index in [1.165, 1.54) is 17.8 Å². The van der Waals surface area contributed by atoms with Crippen molar-refractivity contribution in [2.24, 2.45) is 0 Å². The number of benzene rings is 1. The molecule has 3 aromatic rings. The van der Waals surface area contributed by atoms with Crippen LogP contribution in [-0.2, 0) is 13.2 Å². The van der Waals surface area contributed by atoms with Gasteiger partial charge in [0.25, 0.3) is 0 Å². The van der Waals surface area contributed by atoms with Gasteiger partial charge in [0.1, 0.15) is 11.6 Å². The van der Waals surface area contributed by atoms with E-state index < -0.39 is 0 Å². The normalized spacial score (nSPS) is 17.9. The Hall–Kier alpha value is -2.67. The van der Waals surface area contributed by atoms with Crippen LogP contribution in [0.15, 0.2) is 47.1 Å². The summed E-state index contributed by atoms with van der Waals surface area (Å²) in [6.07, 6.45) is 4.22. The molecule has 1 aliphatic rings. The Morgan fingerprint density at radius 1 is 1.28 bits per heavy atom. The summed E-state index contributed by atoms with van der Waals surface area (Å²) in [7, 11) is 0. The summed E-state index contributed by atoms with van der Waals surface area (Å²) in [5.74, 6) is 1.33. The molecule has 1 atom stereocenters. The Bertz CT molecular complexity index is 801. The lowest BCUT2D eigenvalue weighted by molar-refractivity contribution is 0.209. The third kappa shape index (κ3) is 3.71. The molecule has 0 bridgehead atoms. The zero-order valence-corrected chi connectivity index (χ0v) is 13.7. The van der Waals surface area contributed by atoms with Crippen LogP contribution >= 0.6 is 0 Å². The molecule has 4 rings (SSSR count). The van der Waals surface area contributed by atoms with E-state index in [1.807, 2.05) is 12.3 Å². The summed E-state index contributed by atoms with van der Waals surface area (Å²) in [4.78, 5) is 10.0. The van der Waals surface area contributed by atoms with Crippen molar-refractivity contribution in [2.45, 2.75) is 32.0 Å². The molecule has 3 heterocycles. The van der Waals surface area contributed by atoms with E-state index in [9.17, 15) is 4.39 Å². The first-order valence-electron chi connectivity index (χ1n) is 8.35. The highest BCUT2D eigenvalue weighted by Crippen LogP contribution is 2.31. The van der Waals surface area contributed by atoms with Crippen molar-refractivity contribution in [2.75, 3.05) is 6.54 Å². The molecule has 25 heavy (non-hydrogen) atoms. The largest absolute Gasteiger partial charge is 0.485 e. The predicted molar refractivity (Wildman–Crippen MR) is 88.2 cm³/mol. The quantitative estimate of drug-likeness (QED) is 0.743. The summed E-state index contributed by atoms with van der Waals surface area (Å²) in [5, 5.41) is 3.96. The van der Waals surface area contributed by atoms with Gasteiger partial charge in [-0.05, 0) is 55.8 Å². The maximum absolute atomic E-state index is 12.9. The van der Waals surface area contributed by atoms with E-state index in [0.717, 1.165) is 19.4 Å². The lowest BCUT2D eigenvalue weighted by Gasteiger charge is -2.21. The molecular formula is C18H19FN4O2. The Labute approximate surface area is 144 Å². The minimum absolute atomic E-state index is 0.190. The Morgan fingerprint density at radius 2 is 2.16 bits per heavy atom. The number of likely N-dealkylation sites (tertiary alicyclic amines) is 1. The van der Waals surface area contributed by atoms with Crippen LogP contribution in [0, 0.1) is 5.82 Å². The number of nitrogens with zero attached hydrogens (tertiary/aromatic N) is 3. The third-order valence-electron chi connectivity index (χ3n) is 4.37. The minimum Gasteiger partial charge on any atom is -0.485 e. The fraction of sp³-hybridized carbons (Fsp3) is 0.333. The highest BCUT2D eigenvalue weighted by molar-refractivity contribution is 5.22. The first-order valence-corrected chi connectivity index (χ1v) is 8.35. The van der Waals surface area contributed by atoms with Crippen LogP contribution in [0.25, 0.3) is 0 Å². The average Bonchev–Trinajstić information content (AvgIpc) is 3.36. The molecule has 0 radical (unpaired) electrons. The molecule has 1 fully saturated rings. The third-order valence-corrected chi connectivity index (χ3v) is 4.37. The van der Waals surface area contributed by atoms with E-state index in [2.05, 4.69) is 26.1 Å². The van der Waals surface area contributed by atoms with E-state index in [-0.39, 0.29) is 12.4 Å². The summed E-state index contributed by atoms with van der Waals surface area (Å²) in [6, 6.07) is 10.3. The van der Waals surface area contributed by atoms with Gasteiger partial charge in [0.2, 0.25) is 11.7 Å². The fourth-order valence-corrected chi connectivity index (χ4v) is 3.18. The second-order valence-electron chi connectivity index (χ2n) is 6.10. The molecule has 0 aliphatic carbocycles. The highest BCUT2D eigenvalue weighted by Gasteiger charge is 2.28.